The molecule has 0 bridgehead atoms. The maximum absolute atomic E-state index is 11.7. The molecular weight excluding hydrogens is 254 g/mol. The molecule has 18 heavy (non-hydrogen) atoms. The van der Waals surface area contributed by atoms with Gasteiger partial charge >= 0.3 is 5.97 Å². The van der Waals surface area contributed by atoms with Gasteiger partial charge in [0.15, 0.2) is 0 Å². The van der Waals surface area contributed by atoms with Crippen molar-refractivity contribution in [2.24, 2.45) is 0 Å². The number of carbonyl (C=O) groups is 2. The molecule has 96 valence electrons. The highest BCUT2D eigenvalue weighted by Gasteiger charge is 2.08. The van der Waals surface area contributed by atoms with Gasteiger partial charge in [-0.1, -0.05) is 17.7 Å². The standard InChI is InChI=1S/C13H14ClNO3/c1-8(2)15-13(18)10-4-3-9(11(14)7-10)5-6-12(16)17/h3-8H,1-2H3,(H,15,18)(H,16,17)/b6-5+. The summed E-state index contributed by atoms with van der Waals surface area (Å²) < 4.78 is 0. The van der Waals surface area contributed by atoms with E-state index >= 15 is 0 Å². The molecule has 0 aliphatic carbocycles. The maximum atomic E-state index is 11.7. The summed E-state index contributed by atoms with van der Waals surface area (Å²) in [5, 5.41) is 11.6. The third-order valence-corrected chi connectivity index (χ3v) is 2.42. The van der Waals surface area contributed by atoms with Crippen LogP contribution < -0.4 is 5.32 Å². The van der Waals surface area contributed by atoms with Crippen LogP contribution in [-0.2, 0) is 4.79 Å². The lowest BCUT2D eigenvalue weighted by molar-refractivity contribution is -0.131. The molecule has 0 saturated heterocycles. The van der Waals surface area contributed by atoms with Crippen molar-refractivity contribution in [1.82, 2.24) is 5.32 Å². The van der Waals surface area contributed by atoms with E-state index in [1.165, 1.54) is 12.1 Å². The highest BCUT2D eigenvalue weighted by Crippen LogP contribution is 2.19. The molecule has 0 saturated carbocycles. The van der Waals surface area contributed by atoms with Gasteiger partial charge in [0.25, 0.3) is 5.91 Å². The molecule has 2 N–H and O–H groups in total. The van der Waals surface area contributed by atoms with Gasteiger partial charge in [0.2, 0.25) is 0 Å². The summed E-state index contributed by atoms with van der Waals surface area (Å²) in [4.78, 5) is 22.1. The van der Waals surface area contributed by atoms with E-state index in [0.717, 1.165) is 6.08 Å². The van der Waals surface area contributed by atoms with Crippen LogP contribution in [0.4, 0.5) is 0 Å². The number of carbonyl (C=O) groups excluding carboxylic acids is 1. The SMILES string of the molecule is CC(C)NC(=O)c1ccc(/C=C/C(=O)O)c(Cl)c1. The molecule has 0 aliphatic heterocycles. The van der Waals surface area contributed by atoms with Crippen molar-refractivity contribution in [1.29, 1.82) is 0 Å². The first-order valence-corrected chi connectivity index (χ1v) is 5.79. The lowest BCUT2D eigenvalue weighted by Crippen LogP contribution is -2.30. The van der Waals surface area contributed by atoms with Crippen molar-refractivity contribution < 1.29 is 14.7 Å². The lowest BCUT2D eigenvalue weighted by Gasteiger charge is -2.09. The fraction of sp³-hybridized carbons (Fsp3) is 0.231. The highest BCUT2D eigenvalue weighted by molar-refractivity contribution is 6.32. The van der Waals surface area contributed by atoms with E-state index in [0.29, 0.717) is 16.1 Å². The number of aliphatic carboxylic acids is 1. The number of benzene rings is 1. The summed E-state index contributed by atoms with van der Waals surface area (Å²) in [5.74, 6) is -1.26. The Labute approximate surface area is 110 Å². The van der Waals surface area contributed by atoms with Gasteiger partial charge in [-0.15, -0.1) is 0 Å². The number of carboxylic acids is 1. The van der Waals surface area contributed by atoms with Gasteiger partial charge in [-0.25, -0.2) is 4.79 Å². The zero-order valence-electron chi connectivity index (χ0n) is 10.1. The molecule has 5 heteroatoms. The number of hydrogen-bond donors (Lipinski definition) is 2. The Hall–Kier alpha value is -1.81. The first-order chi connectivity index (χ1) is 8.40. The molecule has 1 aromatic carbocycles. The molecule has 0 aliphatic rings. The third kappa shape index (κ3) is 4.22. The fourth-order valence-electron chi connectivity index (χ4n) is 1.31. The van der Waals surface area contributed by atoms with Gasteiger partial charge in [-0.2, -0.15) is 0 Å². The van der Waals surface area contributed by atoms with Crippen LogP contribution in [0.5, 0.6) is 0 Å². The van der Waals surface area contributed by atoms with Crippen LogP contribution in [0.15, 0.2) is 24.3 Å². The maximum Gasteiger partial charge on any atom is 0.328 e. The van der Waals surface area contributed by atoms with Crippen molar-refractivity contribution in [2.45, 2.75) is 19.9 Å². The van der Waals surface area contributed by atoms with Crippen molar-refractivity contribution >= 4 is 29.6 Å². The molecule has 0 heterocycles. The Balaban J connectivity index is 2.92. The molecule has 0 aromatic heterocycles. The van der Waals surface area contributed by atoms with Gasteiger partial charge in [0.1, 0.15) is 0 Å². The average molecular weight is 268 g/mol. The molecule has 0 spiro atoms. The van der Waals surface area contributed by atoms with Gasteiger partial charge in [0, 0.05) is 22.7 Å². The van der Waals surface area contributed by atoms with Crippen LogP contribution in [0, 0.1) is 0 Å². The van der Waals surface area contributed by atoms with Gasteiger partial charge in [-0.3, -0.25) is 4.79 Å². The predicted octanol–water partition coefficient (Wildman–Crippen LogP) is 2.58. The second-order valence-corrected chi connectivity index (χ2v) is 4.44. The van der Waals surface area contributed by atoms with E-state index in [2.05, 4.69) is 5.32 Å². The Morgan fingerprint density at radius 3 is 2.56 bits per heavy atom. The van der Waals surface area contributed by atoms with E-state index in [1.54, 1.807) is 12.1 Å². The summed E-state index contributed by atoms with van der Waals surface area (Å²) >= 11 is 5.97. The first kappa shape index (κ1) is 14.3. The van der Waals surface area contributed by atoms with E-state index in [-0.39, 0.29) is 11.9 Å². The van der Waals surface area contributed by atoms with Crippen molar-refractivity contribution in [2.75, 3.05) is 0 Å². The molecule has 1 rings (SSSR count). The van der Waals surface area contributed by atoms with E-state index < -0.39 is 5.97 Å². The molecule has 4 nitrogen and oxygen atoms in total. The van der Waals surface area contributed by atoms with Gasteiger partial charge in [0.05, 0.1) is 0 Å². The number of halogens is 1. The molecule has 0 fully saturated rings. The zero-order chi connectivity index (χ0) is 13.7. The van der Waals surface area contributed by atoms with Crippen LogP contribution in [0.25, 0.3) is 6.08 Å². The van der Waals surface area contributed by atoms with Crippen molar-refractivity contribution in [3.05, 3.63) is 40.4 Å². The lowest BCUT2D eigenvalue weighted by atomic mass is 10.1. The summed E-state index contributed by atoms with van der Waals surface area (Å²) in [6.07, 6.45) is 2.38. The Kier molecular flexibility index (Phi) is 4.92. The quantitative estimate of drug-likeness (QED) is 0.824. The molecule has 1 aromatic rings. The van der Waals surface area contributed by atoms with Crippen LogP contribution in [0.3, 0.4) is 0 Å². The number of nitrogens with one attached hydrogen (secondary N) is 1. The van der Waals surface area contributed by atoms with Crippen LogP contribution in [-0.4, -0.2) is 23.0 Å². The summed E-state index contributed by atoms with van der Waals surface area (Å²) in [7, 11) is 0. The molecule has 1 amide bonds. The first-order valence-electron chi connectivity index (χ1n) is 5.41. The molecule has 0 radical (unpaired) electrons. The van der Waals surface area contributed by atoms with Crippen molar-refractivity contribution in [3.63, 3.8) is 0 Å². The number of carboxylic acid groups (broad SMARTS) is 1. The normalized spacial score (nSPS) is 10.9. The summed E-state index contributed by atoms with van der Waals surface area (Å²) in [5.41, 5.74) is 1.00. The van der Waals surface area contributed by atoms with Gasteiger partial charge in [-0.05, 0) is 37.6 Å². The van der Waals surface area contributed by atoms with Crippen molar-refractivity contribution in [3.8, 4) is 0 Å². The van der Waals surface area contributed by atoms with Crippen LogP contribution in [0.2, 0.25) is 5.02 Å². The summed E-state index contributed by atoms with van der Waals surface area (Å²) in [6, 6.07) is 4.77. The van der Waals surface area contributed by atoms with E-state index in [1.807, 2.05) is 13.8 Å². The molecular formula is C13H14ClNO3. The smallest absolute Gasteiger partial charge is 0.328 e. The largest absolute Gasteiger partial charge is 0.478 e. The monoisotopic (exact) mass is 267 g/mol. The van der Waals surface area contributed by atoms with E-state index in [9.17, 15) is 9.59 Å². The fourth-order valence-corrected chi connectivity index (χ4v) is 1.55. The van der Waals surface area contributed by atoms with Crippen LogP contribution in [0.1, 0.15) is 29.8 Å². The van der Waals surface area contributed by atoms with Gasteiger partial charge < -0.3 is 10.4 Å². The Bertz CT molecular complexity index is 495. The predicted molar refractivity (Wildman–Crippen MR) is 70.7 cm³/mol. The minimum atomic E-state index is -1.05. The van der Waals surface area contributed by atoms with E-state index in [4.69, 9.17) is 16.7 Å². The second-order valence-electron chi connectivity index (χ2n) is 4.04. The molecule has 0 atom stereocenters. The number of amides is 1. The topological polar surface area (TPSA) is 66.4 Å². The average Bonchev–Trinajstić information content (AvgIpc) is 2.26. The number of rotatable bonds is 4. The Morgan fingerprint density at radius 1 is 1.39 bits per heavy atom. The second kappa shape index (κ2) is 6.21. The minimum absolute atomic E-state index is 0.0443. The third-order valence-electron chi connectivity index (χ3n) is 2.09. The molecule has 0 unspecified atom stereocenters. The number of hydrogen-bond acceptors (Lipinski definition) is 2. The summed E-state index contributed by atoms with van der Waals surface area (Å²) in [6.45, 7) is 3.73. The highest BCUT2D eigenvalue weighted by atomic mass is 35.5. The van der Waals surface area contributed by atoms with Crippen LogP contribution >= 0.6 is 11.6 Å². The zero-order valence-corrected chi connectivity index (χ0v) is 10.9. The minimum Gasteiger partial charge on any atom is -0.478 e. The Morgan fingerprint density at radius 2 is 2.06 bits per heavy atom.